The molecule has 1 unspecified atom stereocenters. The maximum Gasteiger partial charge on any atom is 0.243 e. The van der Waals surface area contributed by atoms with Gasteiger partial charge in [0, 0.05) is 38.3 Å². The van der Waals surface area contributed by atoms with Crippen molar-refractivity contribution in [2.75, 3.05) is 31.5 Å². The fourth-order valence-electron chi connectivity index (χ4n) is 4.46. The van der Waals surface area contributed by atoms with Crippen LogP contribution >= 0.6 is 0 Å². The molecule has 34 heavy (non-hydrogen) atoms. The van der Waals surface area contributed by atoms with E-state index in [-0.39, 0.29) is 28.9 Å². The Labute approximate surface area is 200 Å². The number of hydrogen-bond donors (Lipinski definition) is 1. The van der Waals surface area contributed by atoms with Gasteiger partial charge in [-0.25, -0.2) is 12.8 Å². The zero-order valence-electron chi connectivity index (χ0n) is 19.1. The Hall–Kier alpha value is -2.78. The molecule has 0 saturated carbocycles. The first-order valence-electron chi connectivity index (χ1n) is 11.8. The van der Waals surface area contributed by atoms with E-state index in [1.807, 2.05) is 0 Å². The smallest absolute Gasteiger partial charge is 0.243 e. The minimum absolute atomic E-state index is 0.0823. The highest BCUT2D eigenvalue weighted by atomic mass is 32.2. The number of carbonyl (C=O) groups is 2. The molecule has 0 bridgehead atoms. The van der Waals surface area contributed by atoms with Crippen LogP contribution in [0.3, 0.4) is 0 Å². The van der Waals surface area contributed by atoms with Crippen molar-refractivity contribution in [2.45, 2.75) is 43.4 Å². The number of carbonyl (C=O) groups excluding carboxylic acids is 2. The standard InChI is InChI=1S/C25H30FN3O4S/c26-21-7-5-19(6-8-21)13-16-28-18-20(17-24(28)30)25(31)27-22-9-11-23(12-10-22)34(32,33)29-14-3-1-2-4-15-29/h5-12,20H,1-4,13-18H2,(H,27,31). The van der Waals surface area contributed by atoms with Gasteiger partial charge < -0.3 is 10.2 Å². The Bertz CT molecular complexity index is 1110. The van der Waals surface area contributed by atoms with Gasteiger partial charge in [0.05, 0.1) is 10.8 Å². The molecule has 9 heteroatoms. The van der Waals surface area contributed by atoms with Gasteiger partial charge in [-0.3, -0.25) is 9.59 Å². The number of hydrogen-bond acceptors (Lipinski definition) is 4. The second kappa shape index (κ2) is 10.7. The molecule has 2 aliphatic rings. The van der Waals surface area contributed by atoms with E-state index in [0.717, 1.165) is 31.2 Å². The SMILES string of the molecule is O=C(Nc1ccc(S(=O)(=O)N2CCCCCC2)cc1)C1CC(=O)N(CCc2ccc(F)cc2)C1. The summed E-state index contributed by atoms with van der Waals surface area (Å²) in [6, 6.07) is 12.4. The lowest BCUT2D eigenvalue weighted by Gasteiger charge is -2.20. The quantitative estimate of drug-likeness (QED) is 0.648. The van der Waals surface area contributed by atoms with Gasteiger partial charge in [0.25, 0.3) is 0 Å². The number of halogens is 1. The molecular formula is C25H30FN3O4S. The highest BCUT2D eigenvalue weighted by Crippen LogP contribution is 2.24. The van der Waals surface area contributed by atoms with E-state index in [4.69, 9.17) is 0 Å². The molecule has 2 aromatic carbocycles. The Balaban J connectivity index is 1.32. The van der Waals surface area contributed by atoms with Crippen molar-refractivity contribution in [3.8, 4) is 0 Å². The molecule has 0 aromatic heterocycles. The van der Waals surface area contributed by atoms with E-state index in [0.29, 0.717) is 38.3 Å². The normalized spacial score (nSPS) is 19.7. The Morgan fingerprint density at radius 2 is 1.62 bits per heavy atom. The molecule has 2 aromatic rings. The molecule has 2 fully saturated rings. The summed E-state index contributed by atoms with van der Waals surface area (Å²) in [7, 11) is -3.54. The van der Waals surface area contributed by atoms with Gasteiger partial charge in [0.2, 0.25) is 21.8 Å². The summed E-state index contributed by atoms with van der Waals surface area (Å²) in [4.78, 5) is 27.0. The number of anilines is 1. The van der Waals surface area contributed by atoms with Gasteiger partial charge in [-0.2, -0.15) is 4.31 Å². The largest absolute Gasteiger partial charge is 0.342 e. The van der Waals surface area contributed by atoms with Crippen LogP contribution in [0, 0.1) is 11.7 Å². The van der Waals surface area contributed by atoms with Crippen LogP contribution in [0.15, 0.2) is 53.4 Å². The van der Waals surface area contributed by atoms with Crippen molar-refractivity contribution in [3.05, 3.63) is 59.9 Å². The molecule has 2 amide bonds. The van der Waals surface area contributed by atoms with Gasteiger partial charge in [-0.05, 0) is 61.2 Å². The van der Waals surface area contributed by atoms with E-state index in [1.165, 1.54) is 28.6 Å². The third kappa shape index (κ3) is 5.82. The predicted octanol–water partition coefficient (Wildman–Crippen LogP) is 3.42. The number of nitrogens with one attached hydrogen (secondary N) is 1. The average Bonchev–Trinajstić information content (AvgIpc) is 3.00. The summed E-state index contributed by atoms with van der Waals surface area (Å²) in [6.45, 7) is 1.87. The lowest BCUT2D eigenvalue weighted by Crippen LogP contribution is -2.32. The molecule has 0 aliphatic carbocycles. The van der Waals surface area contributed by atoms with Gasteiger partial charge in [-0.15, -0.1) is 0 Å². The van der Waals surface area contributed by atoms with Crippen LogP contribution in [0.2, 0.25) is 0 Å². The highest BCUT2D eigenvalue weighted by molar-refractivity contribution is 7.89. The second-order valence-electron chi connectivity index (χ2n) is 8.95. The maximum atomic E-state index is 13.0. The van der Waals surface area contributed by atoms with Crippen LogP contribution in [-0.4, -0.2) is 55.6 Å². The molecule has 4 rings (SSSR count). The van der Waals surface area contributed by atoms with E-state index in [1.54, 1.807) is 29.2 Å². The van der Waals surface area contributed by atoms with Crippen molar-refractivity contribution < 1.29 is 22.4 Å². The molecule has 0 radical (unpaired) electrons. The summed E-state index contributed by atoms with van der Waals surface area (Å²) in [5, 5.41) is 2.81. The molecular weight excluding hydrogens is 457 g/mol. The third-order valence-electron chi connectivity index (χ3n) is 6.49. The number of likely N-dealkylation sites (tertiary alicyclic amines) is 1. The summed E-state index contributed by atoms with van der Waals surface area (Å²) in [6.07, 6.45) is 4.56. The summed E-state index contributed by atoms with van der Waals surface area (Å²) in [5.41, 5.74) is 1.43. The van der Waals surface area contributed by atoms with E-state index in [9.17, 15) is 22.4 Å². The average molecular weight is 488 g/mol. The van der Waals surface area contributed by atoms with Crippen molar-refractivity contribution in [2.24, 2.45) is 5.92 Å². The number of benzene rings is 2. The van der Waals surface area contributed by atoms with E-state index < -0.39 is 15.9 Å². The zero-order chi connectivity index (χ0) is 24.1. The third-order valence-corrected chi connectivity index (χ3v) is 8.41. The first-order valence-corrected chi connectivity index (χ1v) is 13.2. The first-order chi connectivity index (χ1) is 16.3. The van der Waals surface area contributed by atoms with Crippen LogP contribution in [0.25, 0.3) is 0 Å². The first kappa shape index (κ1) is 24.3. The summed E-state index contributed by atoms with van der Waals surface area (Å²) >= 11 is 0. The number of amides is 2. The predicted molar refractivity (Wildman–Crippen MR) is 127 cm³/mol. The second-order valence-corrected chi connectivity index (χ2v) is 10.9. The van der Waals surface area contributed by atoms with E-state index >= 15 is 0 Å². The number of sulfonamides is 1. The van der Waals surface area contributed by atoms with Crippen molar-refractivity contribution in [3.63, 3.8) is 0 Å². The fraction of sp³-hybridized carbons (Fsp3) is 0.440. The van der Waals surface area contributed by atoms with Gasteiger partial charge >= 0.3 is 0 Å². The van der Waals surface area contributed by atoms with Crippen LogP contribution in [0.4, 0.5) is 10.1 Å². The highest BCUT2D eigenvalue weighted by Gasteiger charge is 2.34. The van der Waals surface area contributed by atoms with Crippen molar-refractivity contribution in [1.82, 2.24) is 9.21 Å². The van der Waals surface area contributed by atoms with Crippen molar-refractivity contribution in [1.29, 1.82) is 0 Å². The lowest BCUT2D eigenvalue weighted by molar-refractivity contribution is -0.128. The van der Waals surface area contributed by atoms with Crippen LogP contribution < -0.4 is 5.32 Å². The monoisotopic (exact) mass is 487 g/mol. The van der Waals surface area contributed by atoms with Gasteiger partial charge in [0.15, 0.2) is 0 Å². The van der Waals surface area contributed by atoms with Crippen LogP contribution in [0.1, 0.15) is 37.7 Å². The molecule has 2 aliphatic heterocycles. The van der Waals surface area contributed by atoms with E-state index in [2.05, 4.69) is 5.32 Å². The van der Waals surface area contributed by atoms with Crippen molar-refractivity contribution >= 4 is 27.5 Å². The molecule has 1 N–H and O–H groups in total. The Morgan fingerprint density at radius 3 is 2.26 bits per heavy atom. The molecule has 1 atom stereocenters. The number of nitrogens with zero attached hydrogens (tertiary/aromatic N) is 2. The van der Waals surface area contributed by atoms with Gasteiger partial charge in [0.1, 0.15) is 5.82 Å². The molecule has 2 heterocycles. The summed E-state index contributed by atoms with van der Waals surface area (Å²) in [5.74, 6) is -1.12. The number of rotatable bonds is 7. The van der Waals surface area contributed by atoms with Crippen LogP contribution in [-0.2, 0) is 26.0 Å². The molecule has 182 valence electrons. The molecule has 2 saturated heterocycles. The topological polar surface area (TPSA) is 86.8 Å². The minimum atomic E-state index is -3.54. The van der Waals surface area contributed by atoms with Gasteiger partial charge in [-0.1, -0.05) is 25.0 Å². The molecule has 0 spiro atoms. The Kier molecular flexibility index (Phi) is 7.63. The minimum Gasteiger partial charge on any atom is -0.342 e. The lowest BCUT2D eigenvalue weighted by atomic mass is 10.1. The van der Waals surface area contributed by atoms with Crippen LogP contribution in [0.5, 0.6) is 0 Å². The fourth-order valence-corrected chi connectivity index (χ4v) is 5.98. The zero-order valence-corrected chi connectivity index (χ0v) is 19.9. The molecule has 7 nitrogen and oxygen atoms in total. The maximum absolute atomic E-state index is 13.0. The summed E-state index contributed by atoms with van der Waals surface area (Å²) < 4.78 is 40.4. The Morgan fingerprint density at radius 1 is 0.971 bits per heavy atom.